The molecule has 24 heavy (non-hydrogen) atoms. The third kappa shape index (κ3) is 2.21. The first-order chi connectivity index (χ1) is 11.8. The highest BCUT2D eigenvalue weighted by molar-refractivity contribution is 5.85. The van der Waals surface area contributed by atoms with Crippen LogP contribution in [0.1, 0.15) is 13.8 Å². The Labute approximate surface area is 140 Å². The summed E-state index contributed by atoms with van der Waals surface area (Å²) in [6, 6.07) is 18.3. The molecule has 0 spiro atoms. The molecule has 0 aliphatic heterocycles. The minimum atomic E-state index is 0.802. The summed E-state index contributed by atoms with van der Waals surface area (Å²) in [6.07, 6.45) is 0. The van der Waals surface area contributed by atoms with E-state index in [1.54, 1.807) is 0 Å². The normalized spacial score (nSPS) is 11.2. The summed E-state index contributed by atoms with van der Waals surface area (Å²) in [4.78, 5) is 7.07. The van der Waals surface area contributed by atoms with E-state index in [-0.39, 0.29) is 0 Å². The van der Waals surface area contributed by atoms with E-state index in [0.29, 0.717) is 0 Å². The van der Waals surface area contributed by atoms with Gasteiger partial charge in [0.25, 0.3) is 0 Å². The van der Waals surface area contributed by atoms with Gasteiger partial charge in [-0.1, -0.05) is 42.5 Å². The largest absolute Gasteiger partial charge is 0.354 e. The Balaban J connectivity index is 2.11. The third-order valence-electron chi connectivity index (χ3n) is 4.31. The van der Waals surface area contributed by atoms with E-state index in [1.165, 1.54) is 0 Å². The van der Waals surface area contributed by atoms with Crippen molar-refractivity contribution in [3.63, 3.8) is 0 Å². The second kappa shape index (κ2) is 5.92. The van der Waals surface area contributed by atoms with Crippen LogP contribution in [0.15, 0.2) is 54.6 Å². The highest BCUT2D eigenvalue weighted by Gasteiger charge is 2.18. The summed E-state index contributed by atoms with van der Waals surface area (Å²) < 4.78 is 2.12. The van der Waals surface area contributed by atoms with Crippen LogP contribution in [-0.4, -0.2) is 32.7 Å². The van der Waals surface area contributed by atoms with E-state index in [1.807, 2.05) is 36.4 Å². The fraction of sp³-hybridized carbons (Fsp3) is 0.211. The Morgan fingerprint density at radius 1 is 0.875 bits per heavy atom. The van der Waals surface area contributed by atoms with Crippen LogP contribution in [0.5, 0.6) is 0 Å². The number of para-hydroxylation sites is 2. The Morgan fingerprint density at radius 3 is 2.33 bits per heavy atom. The molecule has 4 rings (SSSR count). The maximum absolute atomic E-state index is 4.85. The molecule has 2 aromatic carbocycles. The summed E-state index contributed by atoms with van der Waals surface area (Å²) in [5.41, 5.74) is 3.82. The van der Waals surface area contributed by atoms with Crippen LogP contribution < -0.4 is 4.90 Å². The second-order valence-electron chi connectivity index (χ2n) is 5.65. The topological polar surface area (TPSA) is 46.3 Å². The summed E-state index contributed by atoms with van der Waals surface area (Å²) in [7, 11) is 0. The van der Waals surface area contributed by atoms with Crippen LogP contribution in [0.3, 0.4) is 0 Å². The van der Waals surface area contributed by atoms with E-state index < -0.39 is 0 Å². The highest BCUT2D eigenvalue weighted by atomic mass is 15.3. The van der Waals surface area contributed by atoms with Gasteiger partial charge in [-0.3, -0.25) is 4.40 Å². The number of fused-ring (bicyclic) bond motifs is 3. The van der Waals surface area contributed by atoms with Gasteiger partial charge in [0.15, 0.2) is 11.6 Å². The van der Waals surface area contributed by atoms with Crippen LogP contribution in [-0.2, 0) is 0 Å². The number of anilines is 1. The van der Waals surface area contributed by atoms with Gasteiger partial charge in [0.05, 0.1) is 11.0 Å². The van der Waals surface area contributed by atoms with Gasteiger partial charge in [0.2, 0.25) is 5.65 Å². The minimum absolute atomic E-state index is 0.802. The summed E-state index contributed by atoms with van der Waals surface area (Å²) >= 11 is 0. The predicted octanol–water partition coefficient (Wildman–Crippen LogP) is 3.79. The molecule has 0 fully saturated rings. The average molecular weight is 317 g/mol. The lowest BCUT2D eigenvalue weighted by atomic mass is 10.2. The number of benzene rings is 2. The average Bonchev–Trinajstić information content (AvgIpc) is 3.09. The molecule has 0 amide bonds. The van der Waals surface area contributed by atoms with E-state index in [0.717, 1.165) is 47.0 Å². The first-order valence-corrected chi connectivity index (χ1v) is 8.27. The van der Waals surface area contributed by atoms with Crippen molar-refractivity contribution in [2.24, 2.45) is 0 Å². The maximum Gasteiger partial charge on any atom is 0.204 e. The van der Waals surface area contributed by atoms with Gasteiger partial charge in [-0.05, 0) is 26.0 Å². The Morgan fingerprint density at radius 2 is 1.58 bits per heavy atom. The van der Waals surface area contributed by atoms with Crippen molar-refractivity contribution in [2.75, 3.05) is 18.0 Å². The standard InChI is InChI=1S/C19H19N5/c1-3-23(4-2)18-19-22-21-17(14-10-6-5-7-11-14)24(19)16-13-9-8-12-15(16)20-18/h5-13H,3-4H2,1-2H3. The van der Waals surface area contributed by atoms with Crippen LogP contribution in [0.25, 0.3) is 28.1 Å². The van der Waals surface area contributed by atoms with E-state index in [4.69, 9.17) is 4.98 Å². The van der Waals surface area contributed by atoms with Gasteiger partial charge in [-0.2, -0.15) is 0 Å². The summed E-state index contributed by atoms with van der Waals surface area (Å²) in [5, 5.41) is 8.94. The van der Waals surface area contributed by atoms with Crippen LogP contribution >= 0.6 is 0 Å². The Bertz CT molecular complexity index is 987. The van der Waals surface area contributed by atoms with Crippen molar-refractivity contribution in [1.82, 2.24) is 19.6 Å². The van der Waals surface area contributed by atoms with Crippen molar-refractivity contribution in [2.45, 2.75) is 13.8 Å². The molecule has 2 aromatic heterocycles. The molecule has 5 nitrogen and oxygen atoms in total. The zero-order chi connectivity index (χ0) is 16.5. The SMILES string of the molecule is CCN(CC)c1nc2ccccc2n2c(-c3ccccc3)nnc12. The summed E-state index contributed by atoms with van der Waals surface area (Å²) in [6.45, 7) is 6.02. The maximum atomic E-state index is 4.85. The molecule has 0 saturated carbocycles. The van der Waals surface area contributed by atoms with Crippen molar-refractivity contribution in [3.8, 4) is 11.4 Å². The zero-order valence-corrected chi connectivity index (χ0v) is 13.8. The molecule has 0 aliphatic rings. The number of nitrogens with zero attached hydrogens (tertiary/aromatic N) is 5. The predicted molar refractivity (Wildman–Crippen MR) is 97.3 cm³/mol. The van der Waals surface area contributed by atoms with Gasteiger partial charge in [0.1, 0.15) is 0 Å². The highest BCUT2D eigenvalue weighted by Crippen LogP contribution is 2.28. The fourth-order valence-corrected chi connectivity index (χ4v) is 3.08. The molecule has 5 heteroatoms. The number of rotatable bonds is 4. The van der Waals surface area contributed by atoms with Crippen LogP contribution in [0.2, 0.25) is 0 Å². The van der Waals surface area contributed by atoms with E-state index in [2.05, 4.69) is 51.5 Å². The molecule has 0 atom stereocenters. The lowest BCUT2D eigenvalue weighted by Crippen LogP contribution is -2.24. The van der Waals surface area contributed by atoms with Crippen LogP contribution in [0.4, 0.5) is 5.82 Å². The Hall–Kier alpha value is -2.95. The van der Waals surface area contributed by atoms with Gasteiger partial charge >= 0.3 is 0 Å². The molecule has 2 heterocycles. The third-order valence-corrected chi connectivity index (χ3v) is 4.31. The molecule has 0 unspecified atom stereocenters. The first-order valence-electron chi connectivity index (χ1n) is 8.27. The fourth-order valence-electron chi connectivity index (χ4n) is 3.08. The van der Waals surface area contributed by atoms with Gasteiger partial charge in [-0.15, -0.1) is 10.2 Å². The van der Waals surface area contributed by atoms with Gasteiger partial charge < -0.3 is 4.90 Å². The zero-order valence-electron chi connectivity index (χ0n) is 13.8. The molecule has 4 aromatic rings. The lowest BCUT2D eigenvalue weighted by Gasteiger charge is -2.20. The quantitative estimate of drug-likeness (QED) is 0.574. The Kier molecular flexibility index (Phi) is 3.61. The van der Waals surface area contributed by atoms with Crippen molar-refractivity contribution in [1.29, 1.82) is 0 Å². The number of hydrogen-bond donors (Lipinski definition) is 0. The molecule has 0 radical (unpaired) electrons. The molecule has 120 valence electrons. The monoisotopic (exact) mass is 317 g/mol. The van der Waals surface area contributed by atoms with Crippen molar-refractivity contribution >= 4 is 22.5 Å². The molecule has 0 N–H and O–H groups in total. The minimum Gasteiger partial charge on any atom is -0.354 e. The van der Waals surface area contributed by atoms with Crippen LogP contribution in [0, 0.1) is 0 Å². The molecule has 0 bridgehead atoms. The first kappa shape index (κ1) is 14.6. The molecule has 0 saturated heterocycles. The smallest absolute Gasteiger partial charge is 0.204 e. The number of aromatic nitrogens is 4. The molecular weight excluding hydrogens is 298 g/mol. The van der Waals surface area contributed by atoms with E-state index >= 15 is 0 Å². The second-order valence-corrected chi connectivity index (χ2v) is 5.65. The molecular formula is C19H19N5. The van der Waals surface area contributed by atoms with Gasteiger partial charge in [0, 0.05) is 18.7 Å². The van der Waals surface area contributed by atoms with Gasteiger partial charge in [-0.25, -0.2) is 4.98 Å². The van der Waals surface area contributed by atoms with Crippen molar-refractivity contribution in [3.05, 3.63) is 54.6 Å². The number of hydrogen-bond acceptors (Lipinski definition) is 4. The molecule has 0 aliphatic carbocycles. The lowest BCUT2D eigenvalue weighted by molar-refractivity contribution is 0.848. The summed E-state index contributed by atoms with van der Waals surface area (Å²) in [5.74, 6) is 1.73. The van der Waals surface area contributed by atoms with E-state index in [9.17, 15) is 0 Å². The van der Waals surface area contributed by atoms with Crippen molar-refractivity contribution < 1.29 is 0 Å².